The third kappa shape index (κ3) is 4.23. The van der Waals surface area contributed by atoms with E-state index in [9.17, 15) is 0 Å². The molecular formula is C5H14HgO3SSi. The standard InChI is InChI=1S/C4H12O3SSi.CH3.Hg/c1-5-9(4-8,6-2)7-3;;/h8H,4H2,1-3H3;1H3;/q;;+1/p-1. The van der Waals surface area contributed by atoms with Crippen molar-refractivity contribution < 1.29 is 36.3 Å². The van der Waals surface area contributed by atoms with Crippen LogP contribution in [-0.4, -0.2) is 35.5 Å². The van der Waals surface area contributed by atoms with Gasteiger partial charge in [0.25, 0.3) is 0 Å². The van der Waals surface area contributed by atoms with Gasteiger partial charge in [-0.3, -0.25) is 0 Å². The van der Waals surface area contributed by atoms with E-state index in [4.69, 9.17) is 13.3 Å². The molecule has 0 saturated heterocycles. The van der Waals surface area contributed by atoms with Crippen molar-refractivity contribution in [3.63, 3.8) is 0 Å². The van der Waals surface area contributed by atoms with Gasteiger partial charge in [-0.15, -0.1) is 0 Å². The molecule has 0 aliphatic rings. The Bertz CT molecular complexity index is 93.5. The first-order valence-electron chi connectivity index (χ1n) is 3.48. The van der Waals surface area contributed by atoms with Crippen LogP contribution >= 0.6 is 8.24 Å². The van der Waals surface area contributed by atoms with E-state index in [-0.39, 0.29) is 0 Å². The Labute approximate surface area is 84.1 Å². The molecule has 0 heterocycles. The first-order valence-corrected chi connectivity index (χ1v) is 18.8. The third-order valence-electron chi connectivity index (χ3n) is 1.42. The Balaban J connectivity index is 3.84. The van der Waals surface area contributed by atoms with Crippen LogP contribution in [0.5, 0.6) is 0 Å². The van der Waals surface area contributed by atoms with Crippen molar-refractivity contribution in [2.75, 3.05) is 26.7 Å². The van der Waals surface area contributed by atoms with E-state index in [2.05, 4.69) is 4.43 Å². The first kappa shape index (κ1) is 12.4. The number of hydrogen-bond acceptors (Lipinski definition) is 4. The Morgan fingerprint density at radius 3 is 1.91 bits per heavy atom. The molecular weight excluding hydrogens is 369 g/mol. The van der Waals surface area contributed by atoms with Crippen LogP contribution in [0, 0.1) is 0 Å². The molecule has 0 saturated carbocycles. The Morgan fingerprint density at radius 2 is 1.64 bits per heavy atom. The summed E-state index contributed by atoms with van der Waals surface area (Å²) in [6, 6.07) is 0. The average Bonchev–Trinajstić information content (AvgIpc) is 2.08. The first-order chi connectivity index (χ1) is 5.24. The summed E-state index contributed by atoms with van der Waals surface area (Å²) in [4.78, 5) is 0. The molecule has 0 aromatic carbocycles. The second kappa shape index (κ2) is 6.85. The second-order valence-corrected chi connectivity index (χ2v) is 18.2. The predicted molar refractivity (Wildman–Crippen MR) is 45.1 cm³/mol. The van der Waals surface area contributed by atoms with Gasteiger partial charge in [-0.2, -0.15) is 0 Å². The molecule has 0 spiro atoms. The molecule has 6 heteroatoms. The van der Waals surface area contributed by atoms with Gasteiger partial charge in [0.05, 0.1) is 0 Å². The van der Waals surface area contributed by atoms with Crippen LogP contribution in [-0.2, 0) is 36.3 Å². The van der Waals surface area contributed by atoms with Crippen molar-refractivity contribution >= 4 is 17.0 Å². The zero-order valence-electron chi connectivity index (χ0n) is 7.55. The topological polar surface area (TPSA) is 27.7 Å². The summed E-state index contributed by atoms with van der Waals surface area (Å²) in [7, 11) is 4.76. The molecule has 0 fully saturated rings. The van der Waals surface area contributed by atoms with Gasteiger partial charge in [-0.05, 0) is 0 Å². The number of hydrogen-bond donors (Lipinski definition) is 0. The van der Waals surface area contributed by atoms with Crippen molar-refractivity contribution in [3.05, 3.63) is 0 Å². The Kier molecular flexibility index (Phi) is 7.71. The maximum atomic E-state index is 5.25. The Morgan fingerprint density at radius 1 is 1.18 bits per heavy atom. The molecule has 0 aromatic rings. The molecule has 0 amide bonds. The molecule has 0 unspecified atom stereocenters. The third-order valence-corrected chi connectivity index (χ3v) is 17.8. The molecule has 0 atom stereocenters. The fourth-order valence-corrected chi connectivity index (χ4v) is 20.3. The fourth-order valence-electron chi connectivity index (χ4n) is 0.654. The van der Waals surface area contributed by atoms with Gasteiger partial charge in [0, 0.05) is 0 Å². The quantitative estimate of drug-likeness (QED) is 0.645. The van der Waals surface area contributed by atoms with E-state index in [1.807, 2.05) is 8.24 Å². The average molecular weight is 383 g/mol. The second-order valence-electron chi connectivity index (χ2n) is 1.93. The summed E-state index contributed by atoms with van der Waals surface area (Å²) in [6.45, 7) is 0. The van der Waals surface area contributed by atoms with Crippen LogP contribution < -0.4 is 0 Å². The summed E-state index contributed by atoms with van der Waals surface area (Å²) >= 11 is -0.608. The molecule has 0 rings (SSSR count). The van der Waals surface area contributed by atoms with Crippen LogP contribution in [0.15, 0.2) is 0 Å². The van der Waals surface area contributed by atoms with E-state index < -0.39 is 31.9 Å². The normalized spacial score (nSPS) is 11.3. The van der Waals surface area contributed by atoms with E-state index in [0.29, 0.717) is 0 Å². The minimum absolute atomic E-state index is 0.608. The molecule has 0 radical (unpaired) electrons. The van der Waals surface area contributed by atoms with Crippen LogP contribution in [0.1, 0.15) is 0 Å². The van der Waals surface area contributed by atoms with Crippen molar-refractivity contribution in [1.82, 2.24) is 0 Å². The monoisotopic (exact) mass is 384 g/mol. The van der Waals surface area contributed by atoms with E-state index in [1.165, 1.54) is 0 Å². The van der Waals surface area contributed by atoms with Crippen molar-refractivity contribution in [1.29, 1.82) is 0 Å². The molecule has 0 N–H and O–H groups in total. The molecule has 0 aromatic heterocycles. The number of rotatable bonds is 6. The van der Waals surface area contributed by atoms with Gasteiger partial charge in [0.2, 0.25) is 0 Å². The van der Waals surface area contributed by atoms with Gasteiger partial charge < -0.3 is 0 Å². The molecule has 11 heavy (non-hydrogen) atoms. The summed E-state index contributed by atoms with van der Waals surface area (Å²) in [6.07, 6.45) is 0. The minimum atomic E-state index is -2.22. The zero-order chi connectivity index (χ0) is 8.74. The molecule has 0 bridgehead atoms. The van der Waals surface area contributed by atoms with Crippen molar-refractivity contribution in [3.8, 4) is 0 Å². The molecule has 64 valence electrons. The van der Waals surface area contributed by atoms with Crippen LogP contribution in [0.25, 0.3) is 0 Å². The van der Waals surface area contributed by atoms with Gasteiger partial charge in [-0.1, -0.05) is 0 Å². The molecule has 3 nitrogen and oxygen atoms in total. The van der Waals surface area contributed by atoms with Crippen LogP contribution in [0.4, 0.5) is 0 Å². The summed E-state index contributed by atoms with van der Waals surface area (Å²) < 4.78 is 18.1. The SMILES string of the molecule is CO[Si](C[S][Hg][CH3])(OC)OC. The summed E-state index contributed by atoms with van der Waals surface area (Å²) in [5, 5.41) is 0.925. The van der Waals surface area contributed by atoms with Crippen LogP contribution in [0.2, 0.25) is 4.43 Å². The van der Waals surface area contributed by atoms with E-state index in [0.717, 1.165) is 5.38 Å². The molecule has 0 aliphatic carbocycles. The van der Waals surface area contributed by atoms with Gasteiger partial charge in [0.15, 0.2) is 0 Å². The molecule has 0 aliphatic heterocycles. The fraction of sp³-hybridized carbons (Fsp3) is 1.00. The van der Waals surface area contributed by atoms with Crippen LogP contribution in [0.3, 0.4) is 0 Å². The van der Waals surface area contributed by atoms with Gasteiger partial charge >= 0.3 is 84.5 Å². The van der Waals surface area contributed by atoms with Crippen molar-refractivity contribution in [2.24, 2.45) is 0 Å². The zero-order valence-corrected chi connectivity index (χ0v) is 14.9. The summed E-state index contributed by atoms with van der Waals surface area (Å²) in [5.74, 6) is 0. The van der Waals surface area contributed by atoms with Gasteiger partial charge in [0.1, 0.15) is 0 Å². The maximum absolute atomic E-state index is 5.25. The van der Waals surface area contributed by atoms with E-state index >= 15 is 0 Å². The van der Waals surface area contributed by atoms with Gasteiger partial charge in [-0.25, -0.2) is 0 Å². The Hall–Kier alpha value is 1.38. The summed E-state index contributed by atoms with van der Waals surface area (Å²) in [5.41, 5.74) is 0. The van der Waals surface area contributed by atoms with E-state index in [1.54, 1.807) is 21.3 Å². The van der Waals surface area contributed by atoms with Crippen molar-refractivity contribution in [2.45, 2.75) is 4.43 Å². The predicted octanol–water partition coefficient (Wildman–Crippen LogP) is 1.18.